The molecule has 2 aromatic heterocycles. The molecule has 2 unspecified atom stereocenters. The molecule has 1 N–H and O–H groups in total. The first-order chi connectivity index (χ1) is 16.1. The van der Waals surface area contributed by atoms with E-state index in [0.29, 0.717) is 36.2 Å². The van der Waals surface area contributed by atoms with Gasteiger partial charge >= 0.3 is 11.9 Å². The third kappa shape index (κ3) is 4.00. The molecule has 2 aliphatic rings. The minimum Gasteiger partial charge on any atom is -0.440 e. The number of nitrogens with zero attached hydrogens (tertiary/aromatic N) is 3. The van der Waals surface area contributed by atoms with Crippen molar-refractivity contribution in [2.24, 2.45) is 5.92 Å². The van der Waals surface area contributed by atoms with Crippen molar-refractivity contribution in [2.45, 2.75) is 44.8 Å². The number of piperidine rings is 1. The summed E-state index contributed by atoms with van der Waals surface area (Å²) < 4.78 is 45.6. The second kappa shape index (κ2) is 7.97. The third-order valence-electron chi connectivity index (χ3n) is 7.04. The van der Waals surface area contributed by atoms with Crippen molar-refractivity contribution in [1.29, 1.82) is 0 Å². The number of halogens is 3. The first-order valence-electron chi connectivity index (χ1n) is 11.2. The molecule has 0 radical (unpaired) electrons. The van der Waals surface area contributed by atoms with Crippen LogP contribution in [-0.2, 0) is 18.1 Å². The first kappa shape index (κ1) is 22.6. The predicted octanol–water partition coefficient (Wildman–Crippen LogP) is 3.49. The van der Waals surface area contributed by atoms with E-state index in [0.717, 1.165) is 31.6 Å². The standard InChI is InChI=1S/C24H25F3N4O3/c1-14-20(34-15(2)28-14)19-12-31(22(33)29-21(19)32)9-3-8-30-11-18-10-23(18,13-30)16-4-6-17(7-5-16)24(25,26)27/h4-7,12,18H,3,8-11,13H2,1-2H3,(H,29,32,33). The van der Waals surface area contributed by atoms with Crippen molar-refractivity contribution in [1.82, 2.24) is 19.4 Å². The summed E-state index contributed by atoms with van der Waals surface area (Å²) in [6, 6.07) is 5.56. The quantitative estimate of drug-likeness (QED) is 0.591. The van der Waals surface area contributed by atoms with Crippen LogP contribution in [0.15, 0.2) is 44.5 Å². The van der Waals surface area contributed by atoms with E-state index in [-0.39, 0.29) is 11.0 Å². The summed E-state index contributed by atoms with van der Waals surface area (Å²) in [7, 11) is 0. The number of oxazole rings is 1. The molecule has 5 rings (SSSR count). The van der Waals surface area contributed by atoms with Crippen LogP contribution >= 0.6 is 0 Å². The second-order valence-electron chi connectivity index (χ2n) is 9.36. The van der Waals surface area contributed by atoms with E-state index in [4.69, 9.17) is 4.42 Å². The fourth-order valence-corrected chi connectivity index (χ4v) is 5.28. The Hall–Kier alpha value is -3.14. The highest BCUT2D eigenvalue weighted by Crippen LogP contribution is 2.59. The normalized spacial score (nSPS) is 22.2. The van der Waals surface area contributed by atoms with Gasteiger partial charge in [-0.25, -0.2) is 9.78 Å². The van der Waals surface area contributed by atoms with Crippen molar-refractivity contribution in [3.8, 4) is 11.3 Å². The molecule has 2 atom stereocenters. The minimum absolute atomic E-state index is 0.0617. The number of rotatable bonds is 6. The van der Waals surface area contributed by atoms with Crippen molar-refractivity contribution >= 4 is 0 Å². The Balaban J connectivity index is 1.23. The summed E-state index contributed by atoms with van der Waals surface area (Å²) in [6.45, 7) is 6.29. The van der Waals surface area contributed by atoms with Crippen molar-refractivity contribution in [3.63, 3.8) is 0 Å². The molecule has 1 aliphatic heterocycles. The summed E-state index contributed by atoms with van der Waals surface area (Å²) in [5.74, 6) is 1.24. The molecular weight excluding hydrogens is 449 g/mol. The van der Waals surface area contributed by atoms with E-state index >= 15 is 0 Å². The molecule has 1 aromatic carbocycles. The van der Waals surface area contributed by atoms with E-state index < -0.39 is 23.0 Å². The lowest BCUT2D eigenvalue weighted by atomic mass is 9.94. The Bertz CT molecular complexity index is 1340. The molecule has 180 valence electrons. The van der Waals surface area contributed by atoms with Gasteiger partial charge in [0.2, 0.25) is 0 Å². The number of fused-ring (bicyclic) bond motifs is 1. The summed E-state index contributed by atoms with van der Waals surface area (Å²) >= 11 is 0. The maximum absolute atomic E-state index is 12.9. The number of aryl methyl sites for hydroxylation is 3. The van der Waals surface area contributed by atoms with Gasteiger partial charge in [0.1, 0.15) is 5.56 Å². The van der Waals surface area contributed by atoms with Crippen LogP contribution in [0, 0.1) is 19.8 Å². The largest absolute Gasteiger partial charge is 0.440 e. The van der Waals surface area contributed by atoms with Gasteiger partial charge in [-0.1, -0.05) is 12.1 Å². The molecule has 10 heteroatoms. The van der Waals surface area contributed by atoms with Gasteiger partial charge in [0.15, 0.2) is 11.7 Å². The van der Waals surface area contributed by atoms with E-state index in [2.05, 4.69) is 14.9 Å². The summed E-state index contributed by atoms with van der Waals surface area (Å²) in [5.41, 5.74) is 0.132. The molecule has 34 heavy (non-hydrogen) atoms. The number of hydrogen-bond donors (Lipinski definition) is 1. The number of hydrogen-bond acceptors (Lipinski definition) is 5. The van der Waals surface area contributed by atoms with Gasteiger partial charge in [-0.3, -0.25) is 14.3 Å². The van der Waals surface area contributed by atoms with Crippen LogP contribution in [0.2, 0.25) is 0 Å². The lowest BCUT2D eigenvalue weighted by Gasteiger charge is -2.21. The average Bonchev–Trinajstić information content (AvgIpc) is 3.17. The molecule has 3 aromatic rings. The van der Waals surface area contributed by atoms with Crippen LogP contribution in [0.5, 0.6) is 0 Å². The monoisotopic (exact) mass is 474 g/mol. The Morgan fingerprint density at radius 1 is 1.18 bits per heavy atom. The molecule has 1 saturated carbocycles. The van der Waals surface area contributed by atoms with Gasteiger partial charge in [0.05, 0.1) is 11.3 Å². The lowest BCUT2D eigenvalue weighted by molar-refractivity contribution is -0.137. The van der Waals surface area contributed by atoms with Crippen molar-refractivity contribution in [3.05, 3.63) is 74.0 Å². The summed E-state index contributed by atoms with van der Waals surface area (Å²) in [6.07, 6.45) is -1.13. The Labute approximate surface area is 193 Å². The molecule has 3 heterocycles. The van der Waals surface area contributed by atoms with Crippen LogP contribution in [-0.4, -0.2) is 39.1 Å². The number of H-pyrrole nitrogens is 1. The minimum atomic E-state index is -4.33. The third-order valence-corrected chi connectivity index (χ3v) is 7.04. The smallest absolute Gasteiger partial charge is 0.416 e. The Kier molecular flexibility index (Phi) is 5.31. The highest BCUT2D eigenvalue weighted by molar-refractivity contribution is 5.57. The lowest BCUT2D eigenvalue weighted by Crippen LogP contribution is -2.32. The van der Waals surface area contributed by atoms with Crippen LogP contribution < -0.4 is 11.2 Å². The highest BCUT2D eigenvalue weighted by Gasteiger charge is 2.60. The zero-order valence-electron chi connectivity index (χ0n) is 18.9. The van der Waals surface area contributed by atoms with Gasteiger partial charge in [0.25, 0.3) is 5.56 Å². The fourth-order valence-electron chi connectivity index (χ4n) is 5.28. The van der Waals surface area contributed by atoms with E-state index in [1.165, 1.54) is 22.9 Å². The highest BCUT2D eigenvalue weighted by atomic mass is 19.4. The van der Waals surface area contributed by atoms with E-state index in [1.54, 1.807) is 26.0 Å². The van der Waals surface area contributed by atoms with Crippen molar-refractivity contribution in [2.75, 3.05) is 19.6 Å². The maximum Gasteiger partial charge on any atom is 0.416 e. The summed E-state index contributed by atoms with van der Waals surface area (Å²) in [5, 5.41) is 0. The number of nitrogens with one attached hydrogen (secondary N) is 1. The van der Waals surface area contributed by atoms with Gasteiger partial charge < -0.3 is 9.32 Å². The predicted molar refractivity (Wildman–Crippen MR) is 119 cm³/mol. The number of likely N-dealkylation sites (tertiary alicyclic amines) is 1. The first-order valence-corrected chi connectivity index (χ1v) is 11.2. The average molecular weight is 474 g/mol. The molecule has 0 spiro atoms. The number of benzene rings is 1. The topological polar surface area (TPSA) is 84.1 Å². The molecular formula is C24H25F3N4O3. The zero-order chi connectivity index (χ0) is 24.3. The van der Waals surface area contributed by atoms with E-state index in [9.17, 15) is 22.8 Å². The van der Waals surface area contributed by atoms with Crippen LogP contribution in [0.1, 0.15) is 35.6 Å². The molecule has 0 amide bonds. The Morgan fingerprint density at radius 2 is 1.91 bits per heavy atom. The van der Waals surface area contributed by atoms with Gasteiger partial charge in [-0.05, 0) is 49.9 Å². The molecule has 0 bridgehead atoms. The van der Waals surface area contributed by atoms with Gasteiger partial charge in [0, 0.05) is 38.2 Å². The van der Waals surface area contributed by atoms with E-state index in [1.807, 2.05) is 0 Å². The number of aromatic nitrogens is 3. The summed E-state index contributed by atoms with van der Waals surface area (Å²) in [4.78, 5) is 33.4. The second-order valence-corrected chi connectivity index (χ2v) is 9.36. The molecule has 1 saturated heterocycles. The fraction of sp³-hybridized carbons (Fsp3) is 0.458. The van der Waals surface area contributed by atoms with Crippen LogP contribution in [0.25, 0.3) is 11.3 Å². The Morgan fingerprint density at radius 3 is 2.56 bits per heavy atom. The maximum atomic E-state index is 12.9. The zero-order valence-corrected chi connectivity index (χ0v) is 18.9. The molecule has 2 fully saturated rings. The molecule has 7 nitrogen and oxygen atoms in total. The van der Waals surface area contributed by atoms with Gasteiger partial charge in [-0.2, -0.15) is 13.2 Å². The van der Waals surface area contributed by atoms with Crippen LogP contribution in [0.4, 0.5) is 13.2 Å². The SMILES string of the molecule is Cc1nc(C)c(-c2cn(CCCN3CC4CC4(c4ccc(C(F)(F)F)cc4)C3)c(=O)[nH]c2=O)o1. The molecule has 1 aliphatic carbocycles. The number of aromatic amines is 1. The van der Waals surface area contributed by atoms with Crippen molar-refractivity contribution < 1.29 is 17.6 Å². The van der Waals surface area contributed by atoms with Crippen LogP contribution in [0.3, 0.4) is 0 Å². The van der Waals surface area contributed by atoms with Gasteiger partial charge in [-0.15, -0.1) is 0 Å². The number of alkyl halides is 3.